The van der Waals surface area contributed by atoms with E-state index < -0.39 is 0 Å². The van der Waals surface area contributed by atoms with Gasteiger partial charge in [0.1, 0.15) is 12.1 Å². The average Bonchev–Trinajstić information content (AvgIpc) is 2.30. The van der Waals surface area contributed by atoms with Crippen molar-refractivity contribution in [3.05, 3.63) is 17.0 Å². The van der Waals surface area contributed by atoms with E-state index >= 15 is 0 Å². The molecule has 1 fully saturated rings. The van der Waals surface area contributed by atoms with Crippen molar-refractivity contribution in [3.8, 4) is 0 Å². The molecule has 0 saturated carbocycles. The molecule has 0 radical (unpaired) electrons. The monoisotopic (exact) mass is 289 g/mol. The molecule has 0 bridgehead atoms. The number of alkyl halides is 1. The normalized spacial score (nSPS) is 18.1. The molecule has 0 aromatic carbocycles. The van der Waals surface area contributed by atoms with Crippen molar-refractivity contribution in [2.45, 2.75) is 12.8 Å². The third kappa shape index (κ3) is 2.61. The number of nitrogens with zero attached hydrogens (tertiary/aromatic N) is 3. The first kappa shape index (κ1) is 11.1. The predicted molar refractivity (Wildman–Crippen MR) is 65.4 cm³/mol. The van der Waals surface area contributed by atoms with Gasteiger partial charge in [0.05, 0.1) is 4.47 Å². The molecule has 1 aliphatic rings. The average molecular weight is 291 g/mol. The van der Waals surface area contributed by atoms with Crippen LogP contribution in [0.15, 0.2) is 17.0 Å². The van der Waals surface area contributed by atoms with E-state index in [-0.39, 0.29) is 0 Å². The van der Waals surface area contributed by atoms with Crippen LogP contribution in [-0.2, 0) is 0 Å². The topological polar surface area (TPSA) is 29.0 Å². The van der Waals surface area contributed by atoms with Gasteiger partial charge in [-0.15, -0.1) is 11.6 Å². The Morgan fingerprint density at radius 1 is 1.47 bits per heavy atom. The molecule has 2 rings (SSSR count). The predicted octanol–water partition coefficient (Wildman–Crippen LogP) is 2.69. The van der Waals surface area contributed by atoms with Crippen LogP contribution in [0.5, 0.6) is 0 Å². The summed E-state index contributed by atoms with van der Waals surface area (Å²) in [5.74, 6) is 2.44. The first-order valence-electron chi connectivity index (χ1n) is 5.07. The fraction of sp³-hybridized carbons (Fsp3) is 0.600. The minimum Gasteiger partial charge on any atom is -0.356 e. The molecule has 1 saturated heterocycles. The third-order valence-electron chi connectivity index (χ3n) is 2.78. The van der Waals surface area contributed by atoms with Crippen molar-refractivity contribution < 1.29 is 0 Å². The summed E-state index contributed by atoms with van der Waals surface area (Å²) in [4.78, 5) is 10.5. The Hall–Kier alpha value is -0.350. The Balaban J connectivity index is 2.04. The quantitative estimate of drug-likeness (QED) is 0.784. The Labute approximate surface area is 103 Å². The zero-order valence-electron chi connectivity index (χ0n) is 8.37. The molecule has 0 unspecified atom stereocenters. The maximum atomic E-state index is 5.85. The highest BCUT2D eigenvalue weighted by Gasteiger charge is 2.20. The molecule has 1 aromatic heterocycles. The van der Waals surface area contributed by atoms with E-state index in [0.29, 0.717) is 5.92 Å². The summed E-state index contributed by atoms with van der Waals surface area (Å²) in [5.41, 5.74) is 0. The molecular formula is C10H13BrClN3. The van der Waals surface area contributed by atoms with Crippen molar-refractivity contribution in [1.29, 1.82) is 0 Å². The molecule has 0 N–H and O–H groups in total. The number of hydrogen-bond acceptors (Lipinski definition) is 3. The Morgan fingerprint density at radius 3 is 2.80 bits per heavy atom. The summed E-state index contributed by atoms with van der Waals surface area (Å²) in [6.45, 7) is 2.07. The number of halogens is 2. The smallest absolute Gasteiger partial charge is 0.146 e. The summed E-state index contributed by atoms with van der Waals surface area (Å²) in [5, 5.41) is 0. The van der Waals surface area contributed by atoms with Crippen LogP contribution in [0, 0.1) is 5.92 Å². The van der Waals surface area contributed by atoms with Gasteiger partial charge in [0, 0.05) is 25.2 Å². The lowest BCUT2D eigenvalue weighted by Crippen LogP contribution is -2.34. The van der Waals surface area contributed by atoms with E-state index in [9.17, 15) is 0 Å². The van der Waals surface area contributed by atoms with Crippen molar-refractivity contribution in [2.24, 2.45) is 5.92 Å². The lowest BCUT2D eigenvalue weighted by Gasteiger charge is -2.32. The van der Waals surface area contributed by atoms with Gasteiger partial charge in [0.25, 0.3) is 0 Å². The molecule has 0 spiro atoms. The first-order chi connectivity index (χ1) is 7.31. The molecule has 2 heterocycles. The number of anilines is 1. The fourth-order valence-electron chi connectivity index (χ4n) is 1.84. The van der Waals surface area contributed by atoms with Crippen LogP contribution < -0.4 is 4.90 Å². The van der Waals surface area contributed by atoms with Gasteiger partial charge in [0.2, 0.25) is 0 Å². The second kappa shape index (κ2) is 5.12. The lowest BCUT2D eigenvalue weighted by atomic mass is 9.99. The van der Waals surface area contributed by atoms with Gasteiger partial charge in [-0.05, 0) is 34.7 Å². The number of aromatic nitrogens is 2. The first-order valence-corrected chi connectivity index (χ1v) is 6.40. The molecule has 1 aliphatic heterocycles. The van der Waals surface area contributed by atoms with E-state index in [0.717, 1.165) is 42.1 Å². The van der Waals surface area contributed by atoms with E-state index in [1.807, 2.05) is 0 Å². The maximum Gasteiger partial charge on any atom is 0.146 e. The zero-order valence-corrected chi connectivity index (χ0v) is 10.7. The molecule has 0 aliphatic carbocycles. The lowest BCUT2D eigenvalue weighted by molar-refractivity contribution is 0.440. The Kier molecular flexibility index (Phi) is 3.81. The molecule has 15 heavy (non-hydrogen) atoms. The highest BCUT2D eigenvalue weighted by atomic mass is 79.9. The van der Waals surface area contributed by atoms with Crippen LogP contribution in [0.1, 0.15) is 12.8 Å². The summed E-state index contributed by atoms with van der Waals surface area (Å²) in [6.07, 6.45) is 5.68. The van der Waals surface area contributed by atoms with Crippen LogP contribution in [0.4, 0.5) is 5.82 Å². The van der Waals surface area contributed by atoms with E-state index in [1.165, 1.54) is 0 Å². The second-order valence-corrected chi connectivity index (χ2v) is 4.94. The largest absolute Gasteiger partial charge is 0.356 e. The van der Waals surface area contributed by atoms with E-state index in [1.54, 1.807) is 12.5 Å². The zero-order chi connectivity index (χ0) is 10.7. The SMILES string of the molecule is ClCC1CCN(c2ncncc2Br)CC1. The second-order valence-electron chi connectivity index (χ2n) is 3.78. The molecule has 0 amide bonds. The summed E-state index contributed by atoms with van der Waals surface area (Å²) in [7, 11) is 0. The Bertz CT molecular complexity index is 326. The van der Waals surface area contributed by atoms with Crippen LogP contribution in [0.2, 0.25) is 0 Å². The van der Waals surface area contributed by atoms with Crippen LogP contribution in [0.3, 0.4) is 0 Å². The fourth-order valence-corrected chi connectivity index (χ4v) is 2.62. The van der Waals surface area contributed by atoms with E-state index in [4.69, 9.17) is 11.6 Å². The maximum absolute atomic E-state index is 5.85. The van der Waals surface area contributed by atoms with Gasteiger partial charge in [-0.3, -0.25) is 0 Å². The number of hydrogen-bond donors (Lipinski definition) is 0. The molecule has 1 aromatic rings. The summed E-state index contributed by atoms with van der Waals surface area (Å²) < 4.78 is 0.967. The third-order valence-corrected chi connectivity index (χ3v) is 3.78. The van der Waals surface area contributed by atoms with Crippen molar-refractivity contribution in [1.82, 2.24) is 9.97 Å². The van der Waals surface area contributed by atoms with Crippen molar-refractivity contribution in [2.75, 3.05) is 23.9 Å². The van der Waals surface area contributed by atoms with Gasteiger partial charge in [-0.2, -0.15) is 0 Å². The minimum absolute atomic E-state index is 0.670. The number of rotatable bonds is 2. The van der Waals surface area contributed by atoms with E-state index in [2.05, 4.69) is 30.8 Å². The van der Waals surface area contributed by atoms with Crippen LogP contribution in [0.25, 0.3) is 0 Å². The molecule has 5 heteroatoms. The van der Waals surface area contributed by atoms with Gasteiger partial charge >= 0.3 is 0 Å². The van der Waals surface area contributed by atoms with Gasteiger partial charge in [-0.25, -0.2) is 9.97 Å². The number of piperidine rings is 1. The minimum atomic E-state index is 0.670. The highest BCUT2D eigenvalue weighted by Crippen LogP contribution is 2.27. The molecule has 82 valence electrons. The van der Waals surface area contributed by atoms with Crippen molar-refractivity contribution in [3.63, 3.8) is 0 Å². The summed E-state index contributed by atoms with van der Waals surface area (Å²) >= 11 is 9.32. The molecular weight excluding hydrogens is 277 g/mol. The molecule has 0 atom stereocenters. The standard InChI is InChI=1S/C10H13BrClN3/c11-9-6-13-7-14-10(9)15-3-1-8(5-12)2-4-15/h6-8H,1-5H2. The van der Waals surface area contributed by atoms with Gasteiger partial charge in [0.15, 0.2) is 0 Å². The van der Waals surface area contributed by atoms with Crippen molar-refractivity contribution >= 4 is 33.3 Å². The molecule has 3 nitrogen and oxygen atoms in total. The van der Waals surface area contributed by atoms with Crippen LogP contribution >= 0.6 is 27.5 Å². The highest BCUT2D eigenvalue weighted by molar-refractivity contribution is 9.10. The van der Waals surface area contributed by atoms with Gasteiger partial charge in [-0.1, -0.05) is 0 Å². The Morgan fingerprint density at radius 2 is 2.20 bits per heavy atom. The van der Waals surface area contributed by atoms with Gasteiger partial charge < -0.3 is 4.90 Å². The summed E-state index contributed by atoms with van der Waals surface area (Å²) in [6, 6.07) is 0. The van der Waals surface area contributed by atoms with Crippen LogP contribution in [-0.4, -0.2) is 28.9 Å².